The average molecular weight is 170 g/mol. The van der Waals surface area contributed by atoms with Crippen molar-refractivity contribution in [2.24, 2.45) is 5.92 Å². The van der Waals surface area contributed by atoms with E-state index in [-0.39, 0.29) is 12.7 Å². The third-order valence-corrected chi connectivity index (χ3v) is 2.57. The van der Waals surface area contributed by atoms with E-state index in [4.69, 9.17) is 5.11 Å². The average Bonchev–Trinajstić information content (AvgIpc) is 2.15. The Hall–Kier alpha value is -0.340. The van der Waals surface area contributed by atoms with Crippen LogP contribution in [0.2, 0.25) is 0 Å². The lowest BCUT2D eigenvalue weighted by molar-refractivity contribution is 0.124. The second kappa shape index (κ2) is 5.33. The van der Waals surface area contributed by atoms with Crippen molar-refractivity contribution in [3.63, 3.8) is 0 Å². The van der Waals surface area contributed by atoms with Crippen LogP contribution in [-0.2, 0) is 0 Å². The molecule has 2 nitrogen and oxygen atoms in total. The molecule has 0 aromatic carbocycles. The predicted octanol–water partition coefficient (Wildman–Crippen LogP) is 1.48. The maximum absolute atomic E-state index is 9.61. The van der Waals surface area contributed by atoms with Crippen molar-refractivity contribution >= 4 is 0 Å². The van der Waals surface area contributed by atoms with Gasteiger partial charge in [-0.2, -0.15) is 0 Å². The third kappa shape index (κ3) is 2.95. The summed E-state index contributed by atoms with van der Waals surface area (Å²) in [5.74, 6) is 0.432. The zero-order chi connectivity index (χ0) is 8.81. The molecule has 0 saturated heterocycles. The molecular weight excluding hydrogens is 152 g/mol. The third-order valence-electron chi connectivity index (χ3n) is 2.57. The molecule has 0 aromatic heterocycles. The minimum Gasteiger partial charge on any atom is -0.392 e. The topological polar surface area (TPSA) is 40.5 Å². The molecule has 12 heavy (non-hydrogen) atoms. The highest BCUT2D eigenvalue weighted by molar-refractivity contribution is 4.92. The Morgan fingerprint density at radius 1 is 1.25 bits per heavy atom. The molecule has 1 atom stereocenters. The molecule has 70 valence electrons. The van der Waals surface area contributed by atoms with Gasteiger partial charge in [-0.15, -0.1) is 0 Å². The summed E-state index contributed by atoms with van der Waals surface area (Å²) < 4.78 is 0. The lowest BCUT2D eigenvalue weighted by Crippen LogP contribution is -2.20. The Morgan fingerprint density at radius 3 is 2.50 bits per heavy atom. The summed E-state index contributed by atoms with van der Waals surface area (Å²) >= 11 is 0. The maximum Gasteiger partial charge on any atom is 0.0749 e. The van der Waals surface area contributed by atoms with Crippen molar-refractivity contribution in [3.05, 3.63) is 12.2 Å². The van der Waals surface area contributed by atoms with Crippen molar-refractivity contribution in [3.8, 4) is 0 Å². The number of hydrogen-bond donors (Lipinski definition) is 2. The van der Waals surface area contributed by atoms with Crippen LogP contribution >= 0.6 is 0 Å². The van der Waals surface area contributed by atoms with Crippen LogP contribution in [0.5, 0.6) is 0 Å². The highest BCUT2D eigenvalue weighted by Gasteiger charge is 2.18. The van der Waals surface area contributed by atoms with Crippen molar-refractivity contribution in [2.75, 3.05) is 6.61 Å². The molecule has 0 radical (unpaired) electrons. The molecule has 0 spiro atoms. The molecule has 0 bridgehead atoms. The quantitative estimate of drug-likeness (QED) is 0.630. The Bertz CT molecular complexity index is 137. The zero-order valence-corrected chi connectivity index (χ0v) is 7.45. The standard InChI is InChI=1S/C10H18O2/c11-8-4-7-10(12)9-5-2-1-3-6-9/h4,7,9-12H,1-3,5-6,8H2/b7-4-. The normalized spacial score (nSPS) is 23.2. The van der Waals surface area contributed by atoms with E-state index in [1.807, 2.05) is 0 Å². The summed E-state index contributed by atoms with van der Waals surface area (Å²) in [4.78, 5) is 0. The zero-order valence-electron chi connectivity index (χ0n) is 7.45. The largest absolute Gasteiger partial charge is 0.392 e. The Balaban J connectivity index is 2.29. The van der Waals surface area contributed by atoms with E-state index < -0.39 is 0 Å². The molecule has 2 N–H and O–H groups in total. The van der Waals surface area contributed by atoms with Crippen LogP contribution in [0.15, 0.2) is 12.2 Å². The van der Waals surface area contributed by atoms with Crippen LogP contribution < -0.4 is 0 Å². The van der Waals surface area contributed by atoms with Gasteiger partial charge in [0.1, 0.15) is 0 Å². The summed E-state index contributed by atoms with van der Waals surface area (Å²) in [7, 11) is 0. The summed E-state index contributed by atoms with van der Waals surface area (Å²) in [6.45, 7) is 0.0315. The van der Waals surface area contributed by atoms with Crippen LogP contribution in [0, 0.1) is 5.92 Å². The van der Waals surface area contributed by atoms with Crippen LogP contribution in [0.25, 0.3) is 0 Å². The molecule has 1 saturated carbocycles. The van der Waals surface area contributed by atoms with E-state index in [1.54, 1.807) is 12.2 Å². The van der Waals surface area contributed by atoms with Gasteiger partial charge in [0.25, 0.3) is 0 Å². The van der Waals surface area contributed by atoms with Gasteiger partial charge in [0.05, 0.1) is 12.7 Å². The van der Waals surface area contributed by atoms with Crippen molar-refractivity contribution in [1.29, 1.82) is 0 Å². The van der Waals surface area contributed by atoms with Gasteiger partial charge in [0.2, 0.25) is 0 Å². The number of hydrogen-bond acceptors (Lipinski definition) is 2. The van der Waals surface area contributed by atoms with E-state index in [0.29, 0.717) is 5.92 Å². The maximum atomic E-state index is 9.61. The van der Waals surface area contributed by atoms with Gasteiger partial charge in [-0.25, -0.2) is 0 Å². The van der Waals surface area contributed by atoms with Crippen molar-refractivity contribution in [1.82, 2.24) is 0 Å². The smallest absolute Gasteiger partial charge is 0.0749 e. The number of aliphatic hydroxyl groups is 2. The van der Waals surface area contributed by atoms with E-state index in [1.165, 1.54) is 19.3 Å². The van der Waals surface area contributed by atoms with Gasteiger partial charge < -0.3 is 10.2 Å². The molecule has 1 unspecified atom stereocenters. The highest BCUT2D eigenvalue weighted by atomic mass is 16.3. The van der Waals surface area contributed by atoms with Crippen molar-refractivity contribution < 1.29 is 10.2 Å². The van der Waals surface area contributed by atoms with Crippen LogP contribution in [-0.4, -0.2) is 22.9 Å². The highest BCUT2D eigenvalue weighted by Crippen LogP contribution is 2.26. The minimum atomic E-state index is -0.336. The lowest BCUT2D eigenvalue weighted by atomic mass is 9.85. The van der Waals surface area contributed by atoms with E-state index in [0.717, 1.165) is 12.8 Å². The molecule has 1 aliphatic rings. The molecule has 1 aliphatic carbocycles. The molecule has 1 rings (SSSR count). The van der Waals surface area contributed by atoms with Gasteiger partial charge in [0, 0.05) is 0 Å². The summed E-state index contributed by atoms with van der Waals surface area (Å²) in [6.07, 6.45) is 9.08. The van der Waals surface area contributed by atoms with Gasteiger partial charge >= 0.3 is 0 Å². The fraction of sp³-hybridized carbons (Fsp3) is 0.800. The number of rotatable bonds is 3. The molecule has 1 fully saturated rings. The molecule has 0 heterocycles. The van der Waals surface area contributed by atoms with Gasteiger partial charge in [-0.1, -0.05) is 31.4 Å². The first-order valence-corrected chi connectivity index (χ1v) is 4.80. The second-order valence-electron chi connectivity index (χ2n) is 3.50. The second-order valence-corrected chi connectivity index (χ2v) is 3.50. The van der Waals surface area contributed by atoms with Crippen LogP contribution in [0.3, 0.4) is 0 Å². The first kappa shape index (κ1) is 9.75. The predicted molar refractivity (Wildman–Crippen MR) is 48.8 cm³/mol. The van der Waals surface area contributed by atoms with Crippen molar-refractivity contribution in [2.45, 2.75) is 38.2 Å². The van der Waals surface area contributed by atoms with Crippen LogP contribution in [0.4, 0.5) is 0 Å². The van der Waals surface area contributed by atoms with Gasteiger partial charge in [-0.05, 0) is 18.8 Å². The minimum absolute atomic E-state index is 0.0315. The fourth-order valence-corrected chi connectivity index (χ4v) is 1.83. The molecule has 2 heteroatoms. The SMILES string of the molecule is OC/C=C\C(O)C1CCCCC1. The number of aliphatic hydroxyl groups excluding tert-OH is 2. The molecule has 0 amide bonds. The van der Waals surface area contributed by atoms with Gasteiger partial charge in [0.15, 0.2) is 0 Å². The molecule has 0 aliphatic heterocycles. The Labute approximate surface area is 73.9 Å². The Morgan fingerprint density at radius 2 is 1.92 bits per heavy atom. The molecular formula is C10H18O2. The van der Waals surface area contributed by atoms with E-state index in [9.17, 15) is 5.11 Å². The monoisotopic (exact) mass is 170 g/mol. The summed E-state index contributed by atoms with van der Waals surface area (Å²) in [5, 5.41) is 18.1. The fourth-order valence-electron chi connectivity index (χ4n) is 1.83. The van der Waals surface area contributed by atoms with Crippen LogP contribution in [0.1, 0.15) is 32.1 Å². The van der Waals surface area contributed by atoms with E-state index in [2.05, 4.69) is 0 Å². The van der Waals surface area contributed by atoms with E-state index >= 15 is 0 Å². The first-order chi connectivity index (χ1) is 5.84. The first-order valence-electron chi connectivity index (χ1n) is 4.80. The molecule has 0 aromatic rings. The van der Waals surface area contributed by atoms with Gasteiger partial charge in [-0.3, -0.25) is 0 Å². The Kier molecular flexibility index (Phi) is 4.33. The summed E-state index contributed by atoms with van der Waals surface area (Å²) in [6, 6.07) is 0. The lowest BCUT2D eigenvalue weighted by Gasteiger charge is -2.24. The summed E-state index contributed by atoms with van der Waals surface area (Å²) in [5.41, 5.74) is 0.